The van der Waals surface area contributed by atoms with Gasteiger partial charge >= 0.3 is 35.5 Å². The van der Waals surface area contributed by atoms with E-state index >= 15 is 0 Å². The number of hydrogen-bond donors (Lipinski definition) is 2. The van der Waals surface area contributed by atoms with Crippen molar-refractivity contribution >= 4 is 62.1 Å². The SMILES string of the molecule is COC(=O)[C@@H]1[C@H](NC(=O)Cc2csc(NC(=O)CCl)n2)C(=O)N1S(=O)(=O)[O-].[Na+]. The van der Waals surface area contributed by atoms with E-state index in [2.05, 4.69) is 20.4 Å². The molecule has 16 heteroatoms. The number of halogens is 1. The van der Waals surface area contributed by atoms with Gasteiger partial charge in [-0.2, -0.15) is 0 Å². The maximum absolute atomic E-state index is 12.1. The van der Waals surface area contributed by atoms with Crippen molar-refractivity contribution in [3.8, 4) is 0 Å². The van der Waals surface area contributed by atoms with E-state index in [1.54, 1.807) is 0 Å². The fourth-order valence-corrected chi connectivity index (χ4v) is 3.81. The molecule has 28 heavy (non-hydrogen) atoms. The Morgan fingerprint density at radius 2 is 2.04 bits per heavy atom. The standard InChI is InChI=1S/C12H13ClN4O8S2.Na/c1-25-11(21)9-8(10(20)17(9)27(22,23)24)15-6(18)2-5-4-26-12(14-5)16-7(19)3-13;/h4,8-9H,2-3H2,1H3,(H,15,18)(H,14,16,19)(H,22,23,24);/q;+1/p-1/t8-,9-;/m0./s1. The second-order valence-electron chi connectivity index (χ2n) is 5.11. The normalized spacial score (nSPS) is 18.5. The number of β-lactam (4-membered cyclic amide) rings is 1. The molecule has 1 saturated heterocycles. The Bertz CT molecular complexity index is 892. The minimum atomic E-state index is -5.24. The molecule has 1 aromatic rings. The predicted molar refractivity (Wildman–Crippen MR) is 89.4 cm³/mol. The van der Waals surface area contributed by atoms with Crippen LogP contribution in [0.2, 0.25) is 0 Å². The van der Waals surface area contributed by atoms with Crippen LogP contribution >= 0.6 is 22.9 Å². The van der Waals surface area contributed by atoms with Crippen LogP contribution in [-0.4, -0.2) is 71.0 Å². The molecule has 0 saturated carbocycles. The van der Waals surface area contributed by atoms with Crippen molar-refractivity contribution in [2.45, 2.75) is 18.5 Å². The molecule has 1 aliphatic rings. The zero-order valence-corrected chi connectivity index (χ0v) is 18.9. The molecule has 148 valence electrons. The van der Waals surface area contributed by atoms with E-state index in [1.807, 2.05) is 0 Å². The van der Waals surface area contributed by atoms with Gasteiger partial charge in [-0.15, -0.1) is 22.9 Å². The summed E-state index contributed by atoms with van der Waals surface area (Å²) in [4.78, 5) is 50.7. The van der Waals surface area contributed by atoms with Gasteiger partial charge in [0.05, 0.1) is 19.2 Å². The van der Waals surface area contributed by atoms with Gasteiger partial charge in [0.2, 0.25) is 11.8 Å². The van der Waals surface area contributed by atoms with Crippen molar-refractivity contribution in [1.82, 2.24) is 14.6 Å². The molecule has 0 radical (unpaired) electrons. The first-order chi connectivity index (χ1) is 12.6. The quantitative estimate of drug-likeness (QED) is 0.132. The van der Waals surface area contributed by atoms with Gasteiger partial charge in [0.25, 0.3) is 5.91 Å². The number of nitrogens with zero attached hydrogens (tertiary/aromatic N) is 2. The van der Waals surface area contributed by atoms with E-state index in [4.69, 9.17) is 11.6 Å². The monoisotopic (exact) mass is 462 g/mol. The molecule has 0 bridgehead atoms. The molecule has 0 spiro atoms. The summed E-state index contributed by atoms with van der Waals surface area (Å²) in [6.45, 7) is 0. The summed E-state index contributed by atoms with van der Waals surface area (Å²) in [6.07, 6.45) is -0.324. The number of nitrogens with one attached hydrogen (secondary N) is 2. The van der Waals surface area contributed by atoms with Gasteiger partial charge in [0.15, 0.2) is 21.5 Å². The van der Waals surface area contributed by atoms with E-state index in [1.165, 1.54) is 5.38 Å². The number of ether oxygens (including phenoxy) is 1. The third kappa shape index (κ3) is 5.62. The second-order valence-corrected chi connectivity index (χ2v) is 7.48. The first-order valence-corrected chi connectivity index (χ1v) is 9.83. The fraction of sp³-hybridized carbons (Fsp3) is 0.417. The first-order valence-electron chi connectivity index (χ1n) is 7.05. The topological polar surface area (TPSA) is 175 Å². The first kappa shape index (κ1) is 24.7. The Balaban J connectivity index is 0.00000392. The van der Waals surface area contributed by atoms with Gasteiger partial charge in [-0.05, 0) is 0 Å². The van der Waals surface area contributed by atoms with Gasteiger partial charge in [-0.25, -0.2) is 22.5 Å². The Kier molecular flexibility index (Phi) is 8.80. The number of carbonyl (C=O) groups excluding carboxylic acids is 4. The number of aromatic nitrogens is 1. The van der Waals surface area contributed by atoms with Crippen LogP contribution in [0.1, 0.15) is 5.69 Å². The molecule has 2 heterocycles. The number of rotatable bonds is 7. The summed E-state index contributed by atoms with van der Waals surface area (Å²) in [7, 11) is -4.30. The van der Waals surface area contributed by atoms with Crippen molar-refractivity contribution in [2.75, 3.05) is 18.3 Å². The van der Waals surface area contributed by atoms with Crippen LogP contribution in [0, 0.1) is 0 Å². The minimum Gasteiger partial charge on any atom is -0.731 e. The molecule has 2 N–H and O–H groups in total. The summed E-state index contributed by atoms with van der Waals surface area (Å²) < 4.78 is 37.4. The maximum atomic E-state index is 12.1. The number of amides is 3. The number of carbonyl (C=O) groups is 4. The summed E-state index contributed by atoms with van der Waals surface area (Å²) in [5.74, 6) is -3.93. The van der Waals surface area contributed by atoms with Crippen LogP contribution in [0.25, 0.3) is 0 Å². The van der Waals surface area contributed by atoms with Gasteiger partial charge in [-0.3, -0.25) is 14.4 Å². The minimum absolute atomic E-state index is 0. The van der Waals surface area contributed by atoms with Crippen LogP contribution in [-0.2, 0) is 40.6 Å². The van der Waals surface area contributed by atoms with E-state index < -0.39 is 46.1 Å². The molecule has 1 fully saturated rings. The smallest absolute Gasteiger partial charge is 0.731 e. The molecule has 3 amide bonds. The fourth-order valence-electron chi connectivity index (χ4n) is 2.19. The van der Waals surface area contributed by atoms with Crippen LogP contribution in [0.15, 0.2) is 5.38 Å². The third-order valence-electron chi connectivity index (χ3n) is 3.31. The Hall–Kier alpha value is -1.29. The number of methoxy groups -OCH3 is 1. The second kappa shape index (κ2) is 9.96. The number of anilines is 1. The van der Waals surface area contributed by atoms with Crippen molar-refractivity contribution in [3.63, 3.8) is 0 Å². The van der Waals surface area contributed by atoms with E-state index in [9.17, 15) is 32.1 Å². The molecule has 1 aromatic heterocycles. The average Bonchev–Trinajstić information content (AvgIpc) is 3.01. The van der Waals surface area contributed by atoms with Gasteiger partial charge < -0.3 is 19.9 Å². The van der Waals surface area contributed by atoms with Crippen LogP contribution < -0.4 is 40.2 Å². The Morgan fingerprint density at radius 1 is 1.39 bits per heavy atom. The zero-order valence-electron chi connectivity index (χ0n) is 14.5. The summed E-state index contributed by atoms with van der Waals surface area (Å²) in [5, 5.41) is 6.23. The largest absolute Gasteiger partial charge is 1.00 e. The molecular weight excluding hydrogens is 451 g/mol. The van der Waals surface area contributed by atoms with Gasteiger partial charge in [-0.1, -0.05) is 0 Å². The van der Waals surface area contributed by atoms with Gasteiger partial charge in [0, 0.05) is 5.38 Å². The van der Waals surface area contributed by atoms with Crippen LogP contribution in [0.5, 0.6) is 0 Å². The number of alkyl halides is 1. The van der Waals surface area contributed by atoms with Crippen LogP contribution in [0.3, 0.4) is 0 Å². The Morgan fingerprint density at radius 3 is 2.57 bits per heavy atom. The van der Waals surface area contributed by atoms with Crippen molar-refractivity contribution in [3.05, 3.63) is 11.1 Å². The molecule has 2 atom stereocenters. The van der Waals surface area contributed by atoms with E-state index in [0.29, 0.717) is 0 Å². The van der Waals surface area contributed by atoms with Crippen molar-refractivity contribution in [2.24, 2.45) is 0 Å². The molecule has 0 aromatic carbocycles. The molecule has 2 rings (SSSR count). The summed E-state index contributed by atoms with van der Waals surface area (Å²) >= 11 is 6.38. The maximum Gasteiger partial charge on any atom is 1.00 e. The average molecular weight is 463 g/mol. The molecule has 12 nitrogen and oxygen atoms in total. The predicted octanol–water partition coefficient (Wildman–Crippen LogP) is -4.80. The summed E-state index contributed by atoms with van der Waals surface area (Å²) in [6, 6.07) is -3.33. The number of thiazole rings is 1. The third-order valence-corrected chi connectivity index (χ3v) is 5.25. The van der Waals surface area contributed by atoms with E-state index in [-0.39, 0.29) is 57.0 Å². The molecule has 0 aliphatic carbocycles. The van der Waals surface area contributed by atoms with Crippen molar-refractivity contribution in [1.29, 1.82) is 0 Å². The van der Waals surface area contributed by atoms with Gasteiger partial charge in [0.1, 0.15) is 11.9 Å². The van der Waals surface area contributed by atoms with E-state index in [0.717, 1.165) is 18.4 Å². The Labute approximate surface area is 190 Å². The number of esters is 1. The van der Waals surface area contributed by atoms with Crippen LogP contribution in [0.4, 0.5) is 5.13 Å². The molecule has 0 unspecified atom stereocenters. The summed E-state index contributed by atoms with van der Waals surface area (Å²) in [5.41, 5.74) is 0.247. The molecule has 1 aliphatic heterocycles. The van der Waals surface area contributed by atoms with Crippen molar-refractivity contribution < 1.29 is 66.4 Å². The molecular formula is C12H12ClN4NaO8S2. The zero-order chi connectivity index (χ0) is 20.4. The number of hydrogen-bond acceptors (Lipinski definition) is 10.